The molecule has 2 aromatic carbocycles. The number of nitrogens with one attached hydrogen (secondary N) is 1. The maximum absolute atomic E-state index is 11.5. The number of imidazole rings is 1. The maximum Gasteiger partial charge on any atom is 0.250 e. The molecule has 0 atom stereocenters. The predicted molar refractivity (Wildman–Crippen MR) is 84.7 cm³/mol. The van der Waals surface area contributed by atoms with E-state index in [4.69, 9.17) is 15.2 Å². The minimum Gasteiger partial charge on any atom is -0.366 e. The summed E-state index contributed by atoms with van der Waals surface area (Å²) < 4.78 is 11.1. The fraction of sp³-hybridized carbons (Fsp3) is 0.176. The van der Waals surface area contributed by atoms with Crippen LogP contribution in [0.25, 0.3) is 22.4 Å². The molecule has 116 valence electrons. The number of nitrogens with two attached hydrogens (primary N) is 1. The number of hydrogen-bond acceptors (Lipinski definition) is 4. The Kier molecular flexibility index (Phi) is 3.33. The summed E-state index contributed by atoms with van der Waals surface area (Å²) in [5, 5.41) is 0. The van der Waals surface area contributed by atoms with Gasteiger partial charge in [0.15, 0.2) is 6.29 Å². The summed E-state index contributed by atoms with van der Waals surface area (Å²) >= 11 is 0. The van der Waals surface area contributed by atoms with Gasteiger partial charge in [-0.3, -0.25) is 4.79 Å². The van der Waals surface area contributed by atoms with Gasteiger partial charge in [0, 0.05) is 11.1 Å². The van der Waals surface area contributed by atoms with Gasteiger partial charge in [-0.25, -0.2) is 4.98 Å². The Labute approximate surface area is 132 Å². The van der Waals surface area contributed by atoms with E-state index < -0.39 is 5.91 Å². The van der Waals surface area contributed by atoms with Gasteiger partial charge in [0.05, 0.1) is 24.3 Å². The van der Waals surface area contributed by atoms with E-state index in [0.29, 0.717) is 30.1 Å². The van der Waals surface area contributed by atoms with Crippen molar-refractivity contribution in [2.75, 3.05) is 13.2 Å². The van der Waals surface area contributed by atoms with E-state index in [0.717, 1.165) is 16.6 Å². The molecule has 23 heavy (non-hydrogen) atoms. The molecule has 1 aliphatic rings. The van der Waals surface area contributed by atoms with Crippen molar-refractivity contribution in [2.24, 2.45) is 5.73 Å². The number of para-hydroxylation sites is 1. The van der Waals surface area contributed by atoms with Gasteiger partial charge in [-0.2, -0.15) is 0 Å². The second-order valence-electron chi connectivity index (χ2n) is 5.35. The van der Waals surface area contributed by atoms with Gasteiger partial charge in [0.1, 0.15) is 11.3 Å². The van der Waals surface area contributed by atoms with Gasteiger partial charge in [0.2, 0.25) is 0 Å². The first kappa shape index (κ1) is 13.9. The number of benzene rings is 2. The van der Waals surface area contributed by atoms with E-state index in [9.17, 15) is 4.79 Å². The molecule has 1 aliphatic heterocycles. The first-order chi connectivity index (χ1) is 11.2. The lowest BCUT2D eigenvalue weighted by Crippen LogP contribution is -2.11. The number of ether oxygens (including phenoxy) is 2. The number of H-pyrrole nitrogens is 1. The predicted octanol–water partition coefficient (Wildman–Crippen LogP) is 2.37. The smallest absolute Gasteiger partial charge is 0.250 e. The lowest BCUT2D eigenvalue weighted by molar-refractivity contribution is -0.0440. The lowest BCUT2D eigenvalue weighted by Gasteiger charge is -2.09. The molecule has 4 rings (SSSR count). The van der Waals surface area contributed by atoms with E-state index in [-0.39, 0.29) is 6.29 Å². The molecule has 1 amide bonds. The van der Waals surface area contributed by atoms with Crippen LogP contribution in [0.5, 0.6) is 0 Å². The van der Waals surface area contributed by atoms with Crippen LogP contribution in [-0.2, 0) is 9.47 Å². The van der Waals surface area contributed by atoms with E-state index in [2.05, 4.69) is 9.97 Å². The number of carbonyl (C=O) groups is 1. The molecular formula is C17H15N3O3. The standard InChI is InChI=1S/C17H15N3O3/c18-15(21)12-5-2-6-13-14(12)20-16(19-13)10-3-1-4-11(9-10)17-22-7-8-23-17/h1-6,9,17H,7-8H2,(H2,18,21)(H,19,20). The number of amides is 1. The Bertz CT molecular complexity index is 882. The average molecular weight is 309 g/mol. The largest absolute Gasteiger partial charge is 0.366 e. The van der Waals surface area contributed by atoms with Crippen molar-refractivity contribution in [1.82, 2.24) is 9.97 Å². The molecule has 0 aliphatic carbocycles. The quantitative estimate of drug-likeness (QED) is 0.777. The lowest BCUT2D eigenvalue weighted by atomic mass is 10.1. The number of aromatic nitrogens is 2. The van der Waals surface area contributed by atoms with Gasteiger partial charge in [-0.1, -0.05) is 24.3 Å². The van der Waals surface area contributed by atoms with Crippen molar-refractivity contribution in [1.29, 1.82) is 0 Å². The highest BCUT2D eigenvalue weighted by Gasteiger charge is 2.19. The third-order valence-electron chi connectivity index (χ3n) is 3.83. The average Bonchev–Trinajstić information content (AvgIpc) is 3.23. The number of hydrogen-bond donors (Lipinski definition) is 2. The summed E-state index contributed by atoms with van der Waals surface area (Å²) in [6.07, 6.45) is -0.333. The van der Waals surface area contributed by atoms with Crippen molar-refractivity contribution >= 4 is 16.9 Å². The van der Waals surface area contributed by atoms with Gasteiger partial charge < -0.3 is 20.2 Å². The van der Waals surface area contributed by atoms with Crippen LogP contribution in [0.2, 0.25) is 0 Å². The van der Waals surface area contributed by atoms with Crippen LogP contribution in [0.15, 0.2) is 42.5 Å². The van der Waals surface area contributed by atoms with Gasteiger partial charge in [-0.15, -0.1) is 0 Å². The third kappa shape index (κ3) is 2.48. The molecule has 1 saturated heterocycles. The zero-order valence-electron chi connectivity index (χ0n) is 12.3. The second kappa shape index (κ2) is 5.49. The molecule has 1 fully saturated rings. The molecule has 2 heterocycles. The molecule has 0 bridgehead atoms. The normalized spacial score (nSPS) is 15.3. The number of rotatable bonds is 3. The number of carbonyl (C=O) groups excluding carboxylic acids is 1. The molecular weight excluding hydrogens is 294 g/mol. The zero-order valence-corrected chi connectivity index (χ0v) is 12.3. The van der Waals surface area contributed by atoms with Crippen molar-refractivity contribution in [2.45, 2.75) is 6.29 Å². The summed E-state index contributed by atoms with van der Waals surface area (Å²) in [7, 11) is 0. The van der Waals surface area contributed by atoms with Crippen LogP contribution in [0.4, 0.5) is 0 Å². The van der Waals surface area contributed by atoms with Crippen LogP contribution in [0, 0.1) is 0 Å². The van der Waals surface area contributed by atoms with Crippen LogP contribution >= 0.6 is 0 Å². The monoisotopic (exact) mass is 309 g/mol. The van der Waals surface area contributed by atoms with Crippen LogP contribution in [0.1, 0.15) is 22.2 Å². The highest BCUT2D eigenvalue weighted by atomic mass is 16.7. The molecule has 0 unspecified atom stereocenters. The fourth-order valence-electron chi connectivity index (χ4n) is 2.75. The molecule has 1 aromatic heterocycles. The highest BCUT2D eigenvalue weighted by Crippen LogP contribution is 2.28. The van der Waals surface area contributed by atoms with E-state index >= 15 is 0 Å². The molecule has 0 spiro atoms. The highest BCUT2D eigenvalue weighted by molar-refractivity contribution is 6.04. The molecule has 0 radical (unpaired) electrons. The Hall–Kier alpha value is -2.70. The summed E-state index contributed by atoms with van der Waals surface area (Å²) in [5.41, 5.74) is 9.00. The van der Waals surface area contributed by atoms with Gasteiger partial charge in [0.25, 0.3) is 5.91 Å². The Morgan fingerprint density at radius 2 is 1.96 bits per heavy atom. The van der Waals surface area contributed by atoms with Crippen molar-refractivity contribution < 1.29 is 14.3 Å². The van der Waals surface area contributed by atoms with Crippen molar-refractivity contribution in [3.8, 4) is 11.4 Å². The molecule has 6 heteroatoms. The Balaban J connectivity index is 1.78. The SMILES string of the molecule is NC(=O)c1cccc2[nH]c(-c3cccc(C4OCCO4)c3)nc12. The van der Waals surface area contributed by atoms with E-state index in [1.807, 2.05) is 30.3 Å². The first-order valence-corrected chi connectivity index (χ1v) is 7.34. The number of primary amides is 1. The van der Waals surface area contributed by atoms with E-state index in [1.54, 1.807) is 12.1 Å². The van der Waals surface area contributed by atoms with Crippen LogP contribution < -0.4 is 5.73 Å². The minimum atomic E-state index is -0.491. The number of aromatic amines is 1. The Morgan fingerprint density at radius 3 is 2.74 bits per heavy atom. The van der Waals surface area contributed by atoms with Crippen molar-refractivity contribution in [3.63, 3.8) is 0 Å². The minimum absolute atomic E-state index is 0.333. The molecule has 3 N–H and O–H groups in total. The number of nitrogens with zero attached hydrogens (tertiary/aromatic N) is 1. The summed E-state index contributed by atoms with van der Waals surface area (Å²) in [5.74, 6) is 0.184. The second-order valence-corrected chi connectivity index (χ2v) is 5.35. The van der Waals surface area contributed by atoms with Crippen molar-refractivity contribution in [3.05, 3.63) is 53.6 Å². The molecule has 6 nitrogen and oxygen atoms in total. The number of fused-ring (bicyclic) bond motifs is 1. The molecule has 3 aromatic rings. The zero-order chi connectivity index (χ0) is 15.8. The maximum atomic E-state index is 11.5. The topological polar surface area (TPSA) is 90.2 Å². The Morgan fingerprint density at radius 1 is 1.17 bits per heavy atom. The van der Waals surface area contributed by atoms with Gasteiger partial charge in [-0.05, 0) is 18.2 Å². The van der Waals surface area contributed by atoms with Gasteiger partial charge >= 0.3 is 0 Å². The van der Waals surface area contributed by atoms with Crippen LogP contribution in [0.3, 0.4) is 0 Å². The summed E-state index contributed by atoms with van der Waals surface area (Å²) in [6.45, 7) is 1.20. The summed E-state index contributed by atoms with van der Waals surface area (Å²) in [6, 6.07) is 13.1. The molecule has 0 saturated carbocycles. The van der Waals surface area contributed by atoms with E-state index in [1.165, 1.54) is 0 Å². The fourth-order valence-corrected chi connectivity index (χ4v) is 2.75. The first-order valence-electron chi connectivity index (χ1n) is 7.34. The van der Waals surface area contributed by atoms with Crippen LogP contribution in [-0.4, -0.2) is 29.1 Å². The summed E-state index contributed by atoms with van der Waals surface area (Å²) in [4.78, 5) is 19.3. The third-order valence-corrected chi connectivity index (χ3v) is 3.83.